The Bertz CT molecular complexity index is 384. The van der Waals surface area contributed by atoms with E-state index in [1.54, 1.807) is 0 Å². The summed E-state index contributed by atoms with van der Waals surface area (Å²) in [6.07, 6.45) is 1.74. The van der Waals surface area contributed by atoms with Crippen LogP contribution in [0.3, 0.4) is 0 Å². The summed E-state index contributed by atoms with van der Waals surface area (Å²) >= 11 is 1.41. The lowest BCUT2D eigenvalue weighted by molar-refractivity contribution is -0.126. The monoisotopic (exact) mass is 240 g/mol. The molecule has 5 nitrogen and oxygen atoms in total. The van der Waals surface area contributed by atoms with E-state index in [0.717, 1.165) is 30.9 Å². The van der Waals surface area contributed by atoms with E-state index in [9.17, 15) is 4.79 Å². The van der Waals surface area contributed by atoms with Gasteiger partial charge in [0.2, 0.25) is 11.0 Å². The molecule has 88 valence electrons. The topological polar surface area (TPSA) is 66.9 Å². The van der Waals surface area contributed by atoms with Gasteiger partial charge in [-0.1, -0.05) is 18.3 Å². The minimum absolute atomic E-state index is 0.0603. The van der Waals surface area contributed by atoms with Gasteiger partial charge in [-0.15, -0.1) is 10.2 Å². The molecule has 1 saturated heterocycles. The molecular weight excluding hydrogens is 224 g/mol. The molecule has 0 aliphatic carbocycles. The maximum atomic E-state index is 12.1. The second-order valence-corrected chi connectivity index (χ2v) is 5.57. The highest BCUT2D eigenvalue weighted by Crippen LogP contribution is 2.29. The lowest BCUT2D eigenvalue weighted by Crippen LogP contribution is -2.42. The number of hydrogen-bond acceptors (Lipinski definition) is 5. The van der Waals surface area contributed by atoms with Crippen LogP contribution >= 0.6 is 11.3 Å². The van der Waals surface area contributed by atoms with Gasteiger partial charge in [0.25, 0.3) is 0 Å². The molecule has 2 rings (SSSR count). The lowest BCUT2D eigenvalue weighted by atomic mass is 9.80. The summed E-state index contributed by atoms with van der Waals surface area (Å²) in [6.45, 7) is 5.69. The molecule has 1 aromatic heterocycles. The molecule has 1 aromatic rings. The highest BCUT2D eigenvalue weighted by Gasteiger charge is 2.34. The first-order chi connectivity index (χ1) is 7.60. The molecule has 0 atom stereocenters. The summed E-state index contributed by atoms with van der Waals surface area (Å²) in [4.78, 5) is 12.1. The predicted octanol–water partition coefficient (Wildman–Crippen LogP) is 1.17. The first kappa shape index (κ1) is 11.5. The van der Waals surface area contributed by atoms with Crippen molar-refractivity contribution in [1.82, 2.24) is 15.5 Å². The standard InChI is InChI=1S/C10H16N4OS/c1-7-13-14-9(16-7)12-8(15)10(2)3-5-11-6-4-10/h11H,3-6H2,1-2H3,(H,12,14,15). The van der Waals surface area contributed by atoms with Gasteiger partial charge in [-0.3, -0.25) is 4.79 Å². The first-order valence-corrected chi connectivity index (χ1v) is 6.24. The molecule has 0 bridgehead atoms. The van der Waals surface area contributed by atoms with Crippen LogP contribution in [0.4, 0.5) is 5.13 Å². The minimum Gasteiger partial charge on any atom is -0.317 e. The van der Waals surface area contributed by atoms with Crippen LogP contribution in [-0.4, -0.2) is 29.2 Å². The number of nitrogens with zero attached hydrogens (tertiary/aromatic N) is 2. The second-order valence-electron chi connectivity index (χ2n) is 4.39. The van der Waals surface area contributed by atoms with E-state index < -0.39 is 0 Å². The largest absolute Gasteiger partial charge is 0.317 e. The van der Waals surface area contributed by atoms with Gasteiger partial charge in [-0.25, -0.2) is 0 Å². The van der Waals surface area contributed by atoms with Gasteiger partial charge < -0.3 is 10.6 Å². The number of anilines is 1. The zero-order chi connectivity index (χ0) is 11.6. The Balaban J connectivity index is 2.01. The molecule has 0 spiro atoms. The fraction of sp³-hybridized carbons (Fsp3) is 0.700. The van der Waals surface area contributed by atoms with Crippen LogP contribution in [0.25, 0.3) is 0 Å². The highest BCUT2D eigenvalue weighted by atomic mass is 32.1. The average molecular weight is 240 g/mol. The maximum Gasteiger partial charge on any atom is 0.232 e. The van der Waals surface area contributed by atoms with E-state index in [4.69, 9.17) is 0 Å². The lowest BCUT2D eigenvalue weighted by Gasteiger charge is -2.31. The van der Waals surface area contributed by atoms with E-state index in [2.05, 4.69) is 20.8 Å². The SMILES string of the molecule is Cc1nnc(NC(=O)C2(C)CCNCC2)s1. The van der Waals surface area contributed by atoms with E-state index >= 15 is 0 Å². The molecule has 1 aliphatic heterocycles. The van der Waals surface area contributed by atoms with Crippen LogP contribution in [0, 0.1) is 12.3 Å². The molecule has 2 N–H and O–H groups in total. The van der Waals surface area contributed by atoms with Crippen molar-refractivity contribution in [1.29, 1.82) is 0 Å². The zero-order valence-corrected chi connectivity index (χ0v) is 10.4. The molecule has 0 unspecified atom stereocenters. The van der Waals surface area contributed by atoms with Crippen molar-refractivity contribution in [3.8, 4) is 0 Å². The van der Waals surface area contributed by atoms with Gasteiger partial charge >= 0.3 is 0 Å². The number of rotatable bonds is 2. The molecule has 1 aliphatic rings. The molecule has 6 heteroatoms. The summed E-state index contributed by atoms with van der Waals surface area (Å²) in [5.74, 6) is 0.0603. The summed E-state index contributed by atoms with van der Waals surface area (Å²) in [6, 6.07) is 0. The number of nitrogens with one attached hydrogen (secondary N) is 2. The van der Waals surface area contributed by atoms with Crippen molar-refractivity contribution in [2.75, 3.05) is 18.4 Å². The summed E-state index contributed by atoms with van der Waals surface area (Å²) < 4.78 is 0. The number of hydrogen-bond donors (Lipinski definition) is 2. The van der Waals surface area contributed by atoms with Gasteiger partial charge in [-0.2, -0.15) is 0 Å². The Morgan fingerprint density at radius 3 is 2.69 bits per heavy atom. The van der Waals surface area contributed by atoms with Crippen molar-refractivity contribution in [3.63, 3.8) is 0 Å². The Morgan fingerprint density at radius 2 is 2.12 bits per heavy atom. The van der Waals surface area contributed by atoms with E-state index in [0.29, 0.717) is 5.13 Å². The van der Waals surface area contributed by atoms with Gasteiger partial charge in [0.15, 0.2) is 0 Å². The molecular formula is C10H16N4OS. The smallest absolute Gasteiger partial charge is 0.232 e. The first-order valence-electron chi connectivity index (χ1n) is 5.42. The van der Waals surface area contributed by atoms with Crippen LogP contribution < -0.4 is 10.6 Å². The zero-order valence-electron chi connectivity index (χ0n) is 9.54. The Labute approximate surface area is 98.7 Å². The quantitative estimate of drug-likeness (QED) is 0.814. The van der Waals surface area contributed by atoms with E-state index in [1.165, 1.54) is 11.3 Å². The van der Waals surface area contributed by atoms with Crippen molar-refractivity contribution in [2.24, 2.45) is 5.41 Å². The van der Waals surface area contributed by atoms with Crippen LogP contribution in [0.2, 0.25) is 0 Å². The second kappa shape index (κ2) is 4.47. The van der Waals surface area contributed by atoms with Crippen LogP contribution in [-0.2, 0) is 4.79 Å². The summed E-state index contributed by atoms with van der Waals surface area (Å²) in [5.41, 5.74) is -0.273. The fourth-order valence-corrected chi connectivity index (χ4v) is 2.39. The average Bonchev–Trinajstić information content (AvgIpc) is 2.65. The molecule has 0 aromatic carbocycles. The van der Waals surface area contributed by atoms with Gasteiger partial charge in [0, 0.05) is 5.41 Å². The molecule has 2 heterocycles. The number of carbonyl (C=O) groups is 1. The Kier molecular flexibility index (Phi) is 3.20. The molecule has 1 fully saturated rings. The Morgan fingerprint density at radius 1 is 1.44 bits per heavy atom. The van der Waals surface area contributed by atoms with Crippen molar-refractivity contribution in [3.05, 3.63) is 5.01 Å². The van der Waals surface area contributed by atoms with Gasteiger partial charge in [0.1, 0.15) is 5.01 Å². The number of aromatic nitrogens is 2. The number of carbonyl (C=O) groups excluding carboxylic acids is 1. The van der Waals surface area contributed by atoms with Crippen molar-refractivity contribution in [2.45, 2.75) is 26.7 Å². The predicted molar refractivity (Wildman–Crippen MR) is 63.5 cm³/mol. The molecule has 0 saturated carbocycles. The third kappa shape index (κ3) is 2.38. The van der Waals surface area contributed by atoms with Crippen LogP contribution in [0.15, 0.2) is 0 Å². The Hall–Kier alpha value is -1.01. The number of amides is 1. The van der Waals surface area contributed by atoms with Crippen LogP contribution in [0.1, 0.15) is 24.8 Å². The molecule has 1 amide bonds. The third-order valence-electron chi connectivity index (χ3n) is 3.00. The van der Waals surface area contributed by atoms with Crippen molar-refractivity contribution >= 4 is 22.4 Å². The third-order valence-corrected chi connectivity index (χ3v) is 3.76. The van der Waals surface area contributed by atoms with Crippen LogP contribution in [0.5, 0.6) is 0 Å². The van der Waals surface area contributed by atoms with Gasteiger partial charge in [0.05, 0.1) is 0 Å². The normalized spacial score (nSPS) is 19.4. The maximum absolute atomic E-state index is 12.1. The van der Waals surface area contributed by atoms with Crippen molar-refractivity contribution < 1.29 is 4.79 Å². The van der Waals surface area contributed by atoms with Gasteiger partial charge in [-0.05, 0) is 32.9 Å². The fourth-order valence-electron chi connectivity index (χ4n) is 1.80. The highest BCUT2D eigenvalue weighted by molar-refractivity contribution is 7.15. The van der Waals surface area contributed by atoms with E-state index in [-0.39, 0.29) is 11.3 Å². The summed E-state index contributed by atoms with van der Waals surface area (Å²) in [7, 11) is 0. The minimum atomic E-state index is -0.273. The number of aryl methyl sites for hydroxylation is 1. The molecule has 16 heavy (non-hydrogen) atoms. The summed E-state index contributed by atoms with van der Waals surface area (Å²) in [5, 5.41) is 15.4. The van der Waals surface area contributed by atoms with E-state index in [1.807, 2.05) is 13.8 Å². The number of piperidine rings is 1. The molecule has 0 radical (unpaired) electrons.